The monoisotopic (exact) mass is 280 g/mol. The second-order valence-electron chi connectivity index (χ2n) is 4.29. The van der Waals surface area contributed by atoms with Crippen LogP contribution in [0.25, 0.3) is 0 Å². The molecule has 0 aromatic rings. The molecule has 0 rings (SSSR count). The standard InChI is InChI=1S/C11H24N2O4S/c1-5-12(6-2)18(16,17)13(10(3)4)9-7-8-11(14)15/h10H,5-9H2,1-4H3,(H,14,15). The lowest BCUT2D eigenvalue weighted by Crippen LogP contribution is -2.47. The van der Waals surface area contributed by atoms with Gasteiger partial charge in [-0.05, 0) is 20.3 Å². The average Bonchev–Trinajstić information content (AvgIpc) is 2.24. The molecule has 0 aliphatic rings. The summed E-state index contributed by atoms with van der Waals surface area (Å²) in [5.74, 6) is -0.904. The Morgan fingerprint density at radius 3 is 2.06 bits per heavy atom. The zero-order valence-electron chi connectivity index (χ0n) is 11.6. The minimum Gasteiger partial charge on any atom is -0.481 e. The van der Waals surface area contributed by atoms with Crippen LogP contribution in [-0.4, -0.2) is 53.8 Å². The van der Waals surface area contributed by atoms with Gasteiger partial charge in [-0.15, -0.1) is 0 Å². The van der Waals surface area contributed by atoms with Gasteiger partial charge in [0.05, 0.1) is 0 Å². The third-order valence-electron chi connectivity index (χ3n) is 2.67. The van der Waals surface area contributed by atoms with E-state index in [1.807, 2.05) is 0 Å². The van der Waals surface area contributed by atoms with E-state index in [0.717, 1.165) is 0 Å². The summed E-state index contributed by atoms with van der Waals surface area (Å²) >= 11 is 0. The molecule has 7 heteroatoms. The quantitative estimate of drug-likeness (QED) is 0.687. The van der Waals surface area contributed by atoms with E-state index < -0.39 is 16.2 Å². The van der Waals surface area contributed by atoms with Crippen LogP contribution in [-0.2, 0) is 15.0 Å². The Hall–Kier alpha value is -0.660. The fourth-order valence-corrected chi connectivity index (χ4v) is 3.57. The van der Waals surface area contributed by atoms with E-state index in [9.17, 15) is 13.2 Å². The molecule has 108 valence electrons. The van der Waals surface area contributed by atoms with Gasteiger partial charge in [0.25, 0.3) is 10.2 Å². The summed E-state index contributed by atoms with van der Waals surface area (Å²) in [6, 6.07) is -0.176. The zero-order valence-corrected chi connectivity index (χ0v) is 12.4. The molecule has 0 aliphatic heterocycles. The average molecular weight is 280 g/mol. The third-order valence-corrected chi connectivity index (χ3v) is 5.04. The first-order chi connectivity index (χ1) is 8.27. The molecule has 0 radical (unpaired) electrons. The predicted molar refractivity (Wildman–Crippen MR) is 70.6 cm³/mol. The molecule has 0 spiro atoms. The first-order valence-electron chi connectivity index (χ1n) is 6.26. The van der Waals surface area contributed by atoms with Crippen molar-refractivity contribution in [3.63, 3.8) is 0 Å². The van der Waals surface area contributed by atoms with E-state index >= 15 is 0 Å². The van der Waals surface area contributed by atoms with Crippen LogP contribution in [0.2, 0.25) is 0 Å². The number of hydrogen-bond donors (Lipinski definition) is 1. The molecule has 0 bridgehead atoms. The normalized spacial score (nSPS) is 12.6. The van der Waals surface area contributed by atoms with Gasteiger partial charge >= 0.3 is 5.97 Å². The van der Waals surface area contributed by atoms with Gasteiger partial charge in [-0.2, -0.15) is 17.0 Å². The summed E-state index contributed by atoms with van der Waals surface area (Å²) in [5.41, 5.74) is 0. The summed E-state index contributed by atoms with van der Waals surface area (Å²) in [5, 5.41) is 8.59. The molecule has 0 saturated heterocycles. The summed E-state index contributed by atoms with van der Waals surface area (Å²) in [7, 11) is -3.49. The molecule has 0 heterocycles. The largest absolute Gasteiger partial charge is 0.481 e. The van der Waals surface area contributed by atoms with E-state index in [0.29, 0.717) is 19.5 Å². The molecule has 0 aromatic carbocycles. The molecule has 0 saturated carbocycles. The lowest BCUT2D eigenvalue weighted by atomic mass is 10.3. The number of nitrogens with zero attached hydrogens (tertiary/aromatic N) is 2. The van der Waals surface area contributed by atoms with Crippen molar-refractivity contribution in [2.75, 3.05) is 19.6 Å². The van der Waals surface area contributed by atoms with Crippen LogP contribution in [0, 0.1) is 0 Å². The minimum absolute atomic E-state index is 0.0169. The Balaban J connectivity index is 4.82. The Bertz CT molecular complexity index is 350. The first kappa shape index (κ1) is 17.3. The number of aliphatic carboxylic acids is 1. The molecule has 6 nitrogen and oxygen atoms in total. The van der Waals surface area contributed by atoms with Crippen molar-refractivity contribution in [1.29, 1.82) is 0 Å². The van der Waals surface area contributed by atoms with Crippen molar-refractivity contribution in [2.24, 2.45) is 0 Å². The van der Waals surface area contributed by atoms with Crippen LogP contribution in [0.4, 0.5) is 0 Å². The van der Waals surface area contributed by atoms with E-state index in [-0.39, 0.29) is 19.0 Å². The summed E-state index contributed by atoms with van der Waals surface area (Å²) < 4.78 is 27.4. The SMILES string of the molecule is CCN(CC)S(=O)(=O)N(CCCC(=O)O)C(C)C. The third kappa shape index (κ3) is 4.91. The maximum absolute atomic E-state index is 12.3. The van der Waals surface area contributed by atoms with Gasteiger partial charge in [-0.3, -0.25) is 4.79 Å². The van der Waals surface area contributed by atoms with Crippen molar-refractivity contribution in [3.8, 4) is 0 Å². The fourth-order valence-electron chi connectivity index (χ4n) is 1.72. The highest BCUT2D eigenvalue weighted by Crippen LogP contribution is 2.13. The van der Waals surface area contributed by atoms with Crippen LogP contribution in [0.3, 0.4) is 0 Å². The van der Waals surface area contributed by atoms with Gasteiger partial charge in [0, 0.05) is 32.1 Å². The number of rotatable bonds is 9. The molecule has 0 aliphatic carbocycles. The van der Waals surface area contributed by atoms with E-state index in [1.165, 1.54) is 8.61 Å². The highest BCUT2D eigenvalue weighted by molar-refractivity contribution is 7.86. The van der Waals surface area contributed by atoms with Crippen LogP contribution in [0.1, 0.15) is 40.5 Å². The highest BCUT2D eigenvalue weighted by atomic mass is 32.2. The van der Waals surface area contributed by atoms with Crippen LogP contribution >= 0.6 is 0 Å². The molecule has 1 N–H and O–H groups in total. The maximum Gasteiger partial charge on any atom is 0.303 e. The maximum atomic E-state index is 12.3. The zero-order chi connectivity index (χ0) is 14.3. The van der Waals surface area contributed by atoms with Gasteiger partial charge in [0.15, 0.2) is 0 Å². The first-order valence-corrected chi connectivity index (χ1v) is 7.65. The Kier molecular flexibility index (Phi) is 7.42. The molecule has 0 amide bonds. The van der Waals surface area contributed by atoms with Crippen LogP contribution in [0.5, 0.6) is 0 Å². The second-order valence-corrected chi connectivity index (χ2v) is 6.17. The molecule has 0 atom stereocenters. The van der Waals surface area contributed by atoms with Crippen molar-refractivity contribution in [1.82, 2.24) is 8.61 Å². The molecule has 0 unspecified atom stereocenters. The molecular formula is C11H24N2O4S. The Morgan fingerprint density at radius 1 is 1.22 bits per heavy atom. The molecular weight excluding hydrogens is 256 g/mol. The smallest absolute Gasteiger partial charge is 0.303 e. The van der Waals surface area contributed by atoms with E-state index in [1.54, 1.807) is 27.7 Å². The number of carbonyl (C=O) groups is 1. The lowest BCUT2D eigenvalue weighted by molar-refractivity contribution is -0.137. The van der Waals surface area contributed by atoms with Crippen molar-refractivity contribution < 1.29 is 18.3 Å². The molecule has 18 heavy (non-hydrogen) atoms. The fraction of sp³-hybridized carbons (Fsp3) is 0.909. The second kappa shape index (κ2) is 7.70. The van der Waals surface area contributed by atoms with Gasteiger partial charge in [0.2, 0.25) is 0 Å². The van der Waals surface area contributed by atoms with E-state index in [2.05, 4.69) is 0 Å². The number of hydrogen-bond acceptors (Lipinski definition) is 3. The van der Waals surface area contributed by atoms with E-state index in [4.69, 9.17) is 5.11 Å². The van der Waals surface area contributed by atoms with Crippen molar-refractivity contribution >= 4 is 16.2 Å². The predicted octanol–water partition coefficient (Wildman–Crippen LogP) is 1.15. The molecule has 0 fully saturated rings. The highest BCUT2D eigenvalue weighted by Gasteiger charge is 2.29. The number of carboxylic acid groups (broad SMARTS) is 1. The van der Waals surface area contributed by atoms with Gasteiger partial charge in [-0.1, -0.05) is 13.8 Å². The summed E-state index contributed by atoms with van der Waals surface area (Å²) in [6.45, 7) is 8.24. The van der Waals surface area contributed by atoms with Gasteiger partial charge in [-0.25, -0.2) is 0 Å². The lowest BCUT2D eigenvalue weighted by Gasteiger charge is -2.31. The molecule has 0 aromatic heterocycles. The Labute approximate surface area is 110 Å². The van der Waals surface area contributed by atoms with Crippen LogP contribution in [0.15, 0.2) is 0 Å². The Morgan fingerprint density at radius 2 is 1.72 bits per heavy atom. The van der Waals surface area contributed by atoms with Crippen LogP contribution < -0.4 is 0 Å². The topological polar surface area (TPSA) is 77.9 Å². The van der Waals surface area contributed by atoms with Crippen molar-refractivity contribution in [3.05, 3.63) is 0 Å². The minimum atomic E-state index is -3.49. The summed E-state index contributed by atoms with van der Waals surface area (Å²) in [6.07, 6.45) is 0.311. The number of carboxylic acids is 1. The van der Waals surface area contributed by atoms with Gasteiger partial charge in [0.1, 0.15) is 0 Å². The van der Waals surface area contributed by atoms with Gasteiger partial charge < -0.3 is 5.11 Å². The van der Waals surface area contributed by atoms with Crippen molar-refractivity contribution in [2.45, 2.75) is 46.6 Å². The summed E-state index contributed by atoms with van der Waals surface area (Å²) in [4.78, 5) is 10.5.